The summed E-state index contributed by atoms with van der Waals surface area (Å²) in [7, 11) is 0. The predicted molar refractivity (Wildman–Crippen MR) is 113 cm³/mol. The molecule has 30 heavy (non-hydrogen) atoms. The van der Waals surface area contributed by atoms with Gasteiger partial charge in [-0.15, -0.1) is 0 Å². The number of hydrogen-bond donors (Lipinski definition) is 2. The van der Waals surface area contributed by atoms with E-state index >= 15 is 0 Å². The second kappa shape index (κ2) is 8.66. The van der Waals surface area contributed by atoms with E-state index in [1.165, 1.54) is 5.01 Å². The lowest BCUT2D eigenvalue weighted by Crippen LogP contribution is -2.59. The molecule has 0 saturated carbocycles. The second-order valence-corrected chi connectivity index (χ2v) is 7.21. The highest BCUT2D eigenvalue weighted by molar-refractivity contribution is 6.05. The molecule has 1 heterocycles. The lowest BCUT2D eigenvalue weighted by Gasteiger charge is -2.38. The van der Waals surface area contributed by atoms with Gasteiger partial charge in [-0.2, -0.15) is 0 Å². The number of amides is 3. The first-order chi connectivity index (χ1) is 14.6. The third kappa shape index (κ3) is 4.11. The lowest BCUT2D eigenvalue weighted by atomic mass is 9.80. The van der Waals surface area contributed by atoms with Crippen LogP contribution in [0.1, 0.15) is 28.8 Å². The molecular weight excluding hydrogens is 378 g/mol. The molecule has 0 spiro atoms. The molecule has 6 heteroatoms. The fourth-order valence-electron chi connectivity index (χ4n) is 3.66. The van der Waals surface area contributed by atoms with Gasteiger partial charge < -0.3 is 5.32 Å². The summed E-state index contributed by atoms with van der Waals surface area (Å²) in [6.45, 7) is 0.202. The number of hydrazine groups is 1. The minimum absolute atomic E-state index is 0.157. The number of nitrogens with zero attached hydrogens (tertiary/aromatic N) is 1. The Morgan fingerprint density at radius 1 is 1.03 bits per heavy atom. The molecule has 1 saturated heterocycles. The van der Waals surface area contributed by atoms with Crippen molar-refractivity contribution in [2.24, 2.45) is 11.8 Å². The zero-order valence-corrected chi connectivity index (χ0v) is 16.3. The maximum Gasteiger partial charge on any atom is 0.252 e. The third-order valence-corrected chi connectivity index (χ3v) is 5.24. The van der Waals surface area contributed by atoms with Crippen molar-refractivity contribution >= 4 is 23.4 Å². The highest BCUT2D eigenvalue weighted by Crippen LogP contribution is 2.32. The number of benzene rings is 2. The molecule has 2 aliphatic rings. The minimum atomic E-state index is -0.366. The van der Waals surface area contributed by atoms with Crippen molar-refractivity contribution in [1.82, 2.24) is 10.7 Å². The van der Waals surface area contributed by atoms with Gasteiger partial charge in [0.2, 0.25) is 11.8 Å². The predicted octanol–water partition coefficient (Wildman–Crippen LogP) is 2.43. The number of fused-ring (bicyclic) bond motifs is 1. The van der Waals surface area contributed by atoms with Gasteiger partial charge in [0.05, 0.1) is 24.1 Å². The molecule has 6 nitrogen and oxygen atoms in total. The Labute approximate surface area is 174 Å². The van der Waals surface area contributed by atoms with Crippen molar-refractivity contribution in [2.75, 3.05) is 11.6 Å². The molecule has 150 valence electrons. The van der Waals surface area contributed by atoms with Crippen LogP contribution in [0.3, 0.4) is 0 Å². The molecule has 2 N–H and O–H groups in total. The van der Waals surface area contributed by atoms with Crippen LogP contribution in [0.2, 0.25) is 0 Å². The molecule has 4 rings (SSSR count). The van der Waals surface area contributed by atoms with Crippen LogP contribution in [0.25, 0.3) is 0 Å². The molecule has 2 aromatic carbocycles. The van der Waals surface area contributed by atoms with Crippen LogP contribution in [0, 0.1) is 23.7 Å². The zero-order valence-electron chi connectivity index (χ0n) is 16.3. The molecule has 0 aromatic heterocycles. The van der Waals surface area contributed by atoms with Crippen molar-refractivity contribution < 1.29 is 14.4 Å². The lowest BCUT2D eigenvalue weighted by molar-refractivity contribution is -0.139. The Morgan fingerprint density at radius 2 is 1.80 bits per heavy atom. The summed E-state index contributed by atoms with van der Waals surface area (Å²) in [5.74, 6) is 4.58. The number of rotatable bonds is 3. The molecular formula is C24H21N3O3. The Kier molecular flexibility index (Phi) is 5.62. The molecule has 0 bridgehead atoms. The molecule has 2 atom stereocenters. The summed E-state index contributed by atoms with van der Waals surface area (Å²) in [6, 6.07) is 16.2. The van der Waals surface area contributed by atoms with Gasteiger partial charge in [0.15, 0.2) is 0 Å². The maximum atomic E-state index is 12.9. The maximum absolute atomic E-state index is 12.9. The van der Waals surface area contributed by atoms with Crippen LogP contribution in [-0.4, -0.2) is 24.3 Å². The first-order valence-electron chi connectivity index (χ1n) is 9.85. The van der Waals surface area contributed by atoms with Gasteiger partial charge in [-0.1, -0.05) is 48.3 Å². The number of anilines is 1. The van der Waals surface area contributed by atoms with Gasteiger partial charge in [0.1, 0.15) is 0 Å². The van der Waals surface area contributed by atoms with Gasteiger partial charge >= 0.3 is 0 Å². The van der Waals surface area contributed by atoms with Crippen LogP contribution >= 0.6 is 0 Å². The largest absolute Gasteiger partial charge is 0.341 e. The van der Waals surface area contributed by atoms with E-state index in [0.29, 0.717) is 24.1 Å². The van der Waals surface area contributed by atoms with Crippen LogP contribution in [0.5, 0.6) is 0 Å². The smallest absolute Gasteiger partial charge is 0.252 e. The van der Waals surface area contributed by atoms with Gasteiger partial charge in [-0.05, 0) is 43.2 Å². The van der Waals surface area contributed by atoms with E-state index in [1.54, 1.807) is 24.3 Å². The highest BCUT2D eigenvalue weighted by atomic mass is 16.2. The van der Waals surface area contributed by atoms with Gasteiger partial charge in [0.25, 0.3) is 5.91 Å². The average Bonchev–Trinajstić information content (AvgIpc) is 2.80. The number of nitrogens with one attached hydrogen (secondary N) is 2. The van der Waals surface area contributed by atoms with E-state index in [1.807, 2.05) is 42.5 Å². The second-order valence-electron chi connectivity index (χ2n) is 7.21. The average molecular weight is 399 g/mol. The van der Waals surface area contributed by atoms with E-state index in [4.69, 9.17) is 0 Å². The summed E-state index contributed by atoms with van der Waals surface area (Å²) < 4.78 is 0. The Morgan fingerprint density at radius 3 is 2.60 bits per heavy atom. The standard InChI is InChI=1S/C24H21N3O3/c28-22(25-15-7-10-17-8-2-1-3-9-17)18-11-6-12-19(16-18)27-24(30)21-14-5-4-13-20(21)23(29)26-27/h1-6,8-9,11-12,16,20-21H,13-15H2,(H,25,28)(H,26,29). The SMILES string of the molecule is O=C(NCC#Cc1ccccc1)c1cccc(N2NC(=O)C3CC=CCC3C2=O)c1. The molecule has 1 fully saturated rings. The molecule has 1 aliphatic heterocycles. The number of hydrogen-bond acceptors (Lipinski definition) is 3. The monoisotopic (exact) mass is 399 g/mol. The fraction of sp³-hybridized carbons (Fsp3) is 0.208. The summed E-state index contributed by atoms with van der Waals surface area (Å²) in [6.07, 6.45) is 5.00. The van der Waals surface area contributed by atoms with Crippen LogP contribution in [-0.2, 0) is 9.59 Å². The first kappa shape index (κ1) is 19.5. The minimum Gasteiger partial charge on any atom is -0.341 e. The number of allylic oxidation sites excluding steroid dienone is 2. The van der Waals surface area contributed by atoms with Crippen LogP contribution in [0.4, 0.5) is 5.69 Å². The summed E-state index contributed by atoms with van der Waals surface area (Å²) in [5.41, 5.74) is 4.41. The quantitative estimate of drug-likeness (QED) is 0.615. The normalized spacial score (nSPS) is 19.9. The van der Waals surface area contributed by atoms with Crippen molar-refractivity contribution in [3.8, 4) is 11.8 Å². The molecule has 3 amide bonds. The van der Waals surface area contributed by atoms with Crippen molar-refractivity contribution in [3.63, 3.8) is 0 Å². The highest BCUT2D eigenvalue weighted by Gasteiger charge is 2.42. The van der Waals surface area contributed by atoms with Crippen LogP contribution in [0.15, 0.2) is 66.7 Å². The number of carbonyl (C=O) groups is 3. The molecule has 1 aliphatic carbocycles. The topological polar surface area (TPSA) is 78.5 Å². The third-order valence-electron chi connectivity index (χ3n) is 5.24. The van der Waals surface area contributed by atoms with E-state index in [2.05, 4.69) is 22.6 Å². The summed E-state index contributed by atoms with van der Waals surface area (Å²) in [5, 5.41) is 4.01. The molecule has 2 aromatic rings. The first-order valence-corrected chi connectivity index (χ1v) is 9.85. The molecule has 2 unspecified atom stereocenters. The summed E-state index contributed by atoms with van der Waals surface area (Å²) in [4.78, 5) is 37.8. The Balaban J connectivity index is 1.44. The Hall–Kier alpha value is -3.85. The molecule has 0 radical (unpaired) electrons. The van der Waals surface area contributed by atoms with Crippen LogP contribution < -0.4 is 15.8 Å². The van der Waals surface area contributed by atoms with Crippen molar-refractivity contribution in [1.29, 1.82) is 0 Å². The van der Waals surface area contributed by atoms with E-state index < -0.39 is 0 Å². The summed E-state index contributed by atoms with van der Waals surface area (Å²) >= 11 is 0. The van der Waals surface area contributed by atoms with Crippen molar-refractivity contribution in [2.45, 2.75) is 12.8 Å². The van der Waals surface area contributed by atoms with E-state index in [0.717, 1.165) is 5.56 Å². The van der Waals surface area contributed by atoms with Gasteiger partial charge in [0, 0.05) is 11.1 Å². The van der Waals surface area contributed by atoms with Gasteiger partial charge in [-0.25, -0.2) is 5.01 Å². The zero-order chi connectivity index (χ0) is 20.9. The van der Waals surface area contributed by atoms with E-state index in [9.17, 15) is 14.4 Å². The van der Waals surface area contributed by atoms with Crippen molar-refractivity contribution in [3.05, 3.63) is 77.9 Å². The Bertz CT molecular complexity index is 1070. The van der Waals surface area contributed by atoms with Gasteiger partial charge in [-0.3, -0.25) is 19.8 Å². The number of carbonyl (C=O) groups excluding carboxylic acids is 3. The fourth-order valence-corrected chi connectivity index (χ4v) is 3.66. The van der Waals surface area contributed by atoms with E-state index in [-0.39, 0.29) is 36.1 Å².